The third kappa shape index (κ3) is 4.61. The smallest absolute Gasteiger partial charge is 0.266 e. The van der Waals surface area contributed by atoms with E-state index in [1.54, 1.807) is 11.0 Å². The zero-order chi connectivity index (χ0) is 23.7. The van der Waals surface area contributed by atoms with Crippen LogP contribution in [0.25, 0.3) is 17.0 Å². The Kier molecular flexibility index (Phi) is 7.26. The summed E-state index contributed by atoms with van der Waals surface area (Å²) in [4.78, 5) is 33.9. The van der Waals surface area contributed by atoms with Crippen molar-refractivity contribution >= 4 is 56.9 Å². The molecule has 0 saturated carbocycles. The van der Waals surface area contributed by atoms with Gasteiger partial charge in [-0.25, -0.2) is 0 Å². The number of thiocarbonyl (C=S) groups is 1. The lowest BCUT2D eigenvalue weighted by Gasteiger charge is -2.37. The zero-order valence-corrected chi connectivity index (χ0v) is 21.5. The molecular weight excluding hydrogens is 452 g/mol. The third-order valence-corrected chi connectivity index (χ3v) is 7.71. The highest BCUT2D eigenvalue weighted by Crippen LogP contribution is 2.36. The summed E-state index contributed by atoms with van der Waals surface area (Å²) in [5.41, 5.74) is 2.40. The van der Waals surface area contributed by atoms with E-state index in [9.17, 15) is 9.59 Å². The Hall–Kier alpha value is -2.16. The van der Waals surface area contributed by atoms with E-state index in [1.165, 1.54) is 11.8 Å². The fourth-order valence-corrected chi connectivity index (χ4v) is 5.89. The third-order valence-electron chi connectivity index (χ3n) is 6.33. The van der Waals surface area contributed by atoms with Crippen molar-refractivity contribution in [2.24, 2.45) is 5.92 Å². The van der Waals surface area contributed by atoms with E-state index in [2.05, 4.69) is 36.6 Å². The quantitative estimate of drug-likeness (QED) is 0.456. The number of pyridine rings is 1. The van der Waals surface area contributed by atoms with E-state index in [-0.39, 0.29) is 11.5 Å². The van der Waals surface area contributed by atoms with Gasteiger partial charge >= 0.3 is 0 Å². The maximum Gasteiger partial charge on any atom is 0.266 e. The number of carbonyl (C=O) groups excluding carboxylic acids is 1. The molecule has 2 saturated heterocycles. The van der Waals surface area contributed by atoms with Crippen LogP contribution in [0.1, 0.15) is 33.3 Å². The molecule has 4 rings (SSSR count). The number of likely N-dealkylation sites (N-methyl/N-ethyl adjacent to an activating group) is 1. The summed E-state index contributed by atoms with van der Waals surface area (Å²) >= 11 is 6.80. The Bertz CT molecular complexity index is 1160. The average molecular weight is 485 g/mol. The number of hydrogen-bond acceptors (Lipinski definition) is 6. The van der Waals surface area contributed by atoms with Crippen LogP contribution in [0, 0.1) is 5.92 Å². The van der Waals surface area contributed by atoms with E-state index in [4.69, 9.17) is 12.2 Å². The normalized spacial score (nSPS) is 19.0. The number of aryl methyl sites for hydroxylation is 1. The van der Waals surface area contributed by atoms with E-state index in [0.717, 1.165) is 49.3 Å². The molecule has 176 valence electrons. The molecule has 2 fully saturated rings. The summed E-state index contributed by atoms with van der Waals surface area (Å²) in [6, 6.07) is 8.09. The van der Waals surface area contributed by atoms with E-state index >= 15 is 0 Å². The molecule has 0 spiro atoms. The summed E-state index contributed by atoms with van der Waals surface area (Å²) < 4.78 is 2.37. The van der Waals surface area contributed by atoms with Crippen LogP contribution < -0.4 is 10.5 Å². The highest BCUT2D eigenvalue weighted by Gasteiger charge is 2.33. The highest BCUT2D eigenvalue weighted by molar-refractivity contribution is 8.26. The fraction of sp³-hybridized carbons (Fsp3) is 0.480. The molecule has 0 radical (unpaired) electrons. The number of anilines is 1. The zero-order valence-electron chi connectivity index (χ0n) is 19.8. The van der Waals surface area contributed by atoms with Gasteiger partial charge < -0.3 is 14.4 Å². The minimum absolute atomic E-state index is 0.0572. The van der Waals surface area contributed by atoms with Crippen LogP contribution in [0.3, 0.4) is 0 Å². The molecule has 1 aromatic carbocycles. The number of benzene rings is 1. The summed E-state index contributed by atoms with van der Waals surface area (Å²) in [6.07, 6.45) is 1.79. The second-order valence-corrected chi connectivity index (χ2v) is 10.6. The Morgan fingerprint density at radius 2 is 1.76 bits per heavy atom. The molecule has 6 nitrogen and oxygen atoms in total. The van der Waals surface area contributed by atoms with Crippen LogP contribution in [-0.4, -0.2) is 63.9 Å². The van der Waals surface area contributed by atoms with Crippen molar-refractivity contribution < 1.29 is 4.79 Å². The first-order valence-electron chi connectivity index (χ1n) is 11.7. The summed E-state index contributed by atoms with van der Waals surface area (Å²) in [5.74, 6) is 0.214. The molecule has 0 N–H and O–H groups in total. The maximum absolute atomic E-state index is 13.7. The largest absolute Gasteiger partial charge is 0.368 e. The van der Waals surface area contributed by atoms with Gasteiger partial charge in [0.2, 0.25) is 0 Å². The van der Waals surface area contributed by atoms with Gasteiger partial charge in [0, 0.05) is 44.7 Å². The van der Waals surface area contributed by atoms with Gasteiger partial charge in [0.1, 0.15) is 4.32 Å². The summed E-state index contributed by atoms with van der Waals surface area (Å²) in [6.45, 7) is 14.1. The van der Waals surface area contributed by atoms with E-state index in [0.29, 0.717) is 33.8 Å². The number of nitrogens with zero attached hydrogens (tertiary/aromatic N) is 4. The van der Waals surface area contributed by atoms with Gasteiger partial charge in [-0.1, -0.05) is 63.0 Å². The van der Waals surface area contributed by atoms with Crippen LogP contribution in [0.15, 0.2) is 34.0 Å². The monoisotopic (exact) mass is 484 g/mol. The van der Waals surface area contributed by atoms with Crippen molar-refractivity contribution in [3.05, 3.63) is 45.1 Å². The second-order valence-electron chi connectivity index (χ2n) is 8.94. The van der Waals surface area contributed by atoms with Crippen LogP contribution >= 0.6 is 24.0 Å². The first kappa shape index (κ1) is 24.0. The first-order chi connectivity index (χ1) is 15.8. The minimum atomic E-state index is -0.101. The van der Waals surface area contributed by atoms with Gasteiger partial charge in [0.15, 0.2) is 0 Å². The molecule has 2 aromatic rings. The SMILES string of the molecule is CCN1CCN(c2c(C=C3SC(=S)N(CC(C)C)C3=O)c(=O)n(CC)c3ccccc23)CC1. The van der Waals surface area contributed by atoms with Crippen molar-refractivity contribution in [2.75, 3.05) is 44.2 Å². The lowest BCUT2D eigenvalue weighted by Crippen LogP contribution is -2.47. The van der Waals surface area contributed by atoms with Crippen LogP contribution in [0.2, 0.25) is 0 Å². The van der Waals surface area contributed by atoms with Crippen LogP contribution in [0.4, 0.5) is 5.69 Å². The molecule has 33 heavy (non-hydrogen) atoms. The molecule has 2 aliphatic rings. The molecule has 1 amide bonds. The summed E-state index contributed by atoms with van der Waals surface area (Å²) in [5, 5.41) is 1.05. The highest BCUT2D eigenvalue weighted by atomic mass is 32.2. The second kappa shape index (κ2) is 9.99. The Balaban J connectivity index is 1.88. The number of rotatable bonds is 6. The molecule has 2 aliphatic heterocycles. The standard InChI is InChI=1S/C25H32N4O2S2/c1-5-26-11-13-27(14-12-26)22-18-9-7-8-10-20(18)28(6-2)23(30)19(22)15-21-24(31)29(16-17(3)4)25(32)33-21/h7-10,15,17H,5-6,11-14,16H2,1-4H3. The predicted octanol–water partition coefficient (Wildman–Crippen LogP) is 4.02. The van der Waals surface area contributed by atoms with Crippen molar-refractivity contribution in [1.82, 2.24) is 14.4 Å². The van der Waals surface area contributed by atoms with Gasteiger partial charge in [0.25, 0.3) is 11.5 Å². The van der Waals surface area contributed by atoms with Crippen molar-refractivity contribution in [3.8, 4) is 0 Å². The van der Waals surface area contributed by atoms with Crippen molar-refractivity contribution in [3.63, 3.8) is 0 Å². The average Bonchev–Trinajstić information content (AvgIpc) is 3.07. The maximum atomic E-state index is 13.7. The fourth-order valence-electron chi connectivity index (χ4n) is 4.64. The van der Waals surface area contributed by atoms with Gasteiger partial charge in [-0.2, -0.15) is 0 Å². The molecular formula is C25H32N4O2S2. The van der Waals surface area contributed by atoms with Crippen molar-refractivity contribution in [2.45, 2.75) is 34.2 Å². The minimum Gasteiger partial charge on any atom is -0.368 e. The summed E-state index contributed by atoms with van der Waals surface area (Å²) in [7, 11) is 0. The molecule has 1 aromatic heterocycles. The van der Waals surface area contributed by atoms with Gasteiger partial charge in [-0.15, -0.1) is 0 Å². The lowest BCUT2D eigenvalue weighted by molar-refractivity contribution is -0.122. The Labute approximate surface area is 205 Å². The number of carbonyl (C=O) groups is 1. The van der Waals surface area contributed by atoms with Crippen LogP contribution in [0.5, 0.6) is 0 Å². The van der Waals surface area contributed by atoms with E-state index < -0.39 is 0 Å². The molecule has 8 heteroatoms. The molecule has 3 heterocycles. The Morgan fingerprint density at radius 1 is 1.06 bits per heavy atom. The number of aromatic nitrogens is 1. The van der Waals surface area contributed by atoms with Crippen LogP contribution in [-0.2, 0) is 11.3 Å². The number of piperazine rings is 1. The van der Waals surface area contributed by atoms with E-state index in [1.807, 2.05) is 29.7 Å². The molecule has 0 aliphatic carbocycles. The van der Waals surface area contributed by atoms with Gasteiger partial charge in [-0.3, -0.25) is 14.5 Å². The molecule has 0 bridgehead atoms. The van der Waals surface area contributed by atoms with Gasteiger partial charge in [0.05, 0.1) is 21.7 Å². The topological polar surface area (TPSA) is 48.8 Å². The molecule has 0 atom stereocenters. The lowest BCUT2D eigenvalue weighted by atomic mass is 10.0. The van der Waals surface area contributed by atoms with Crippen molar-refractivity contribution in [1.29, 1.82) is 0 Å². The molecule has 0 unspecified atom stereocenters. The Morgan fingerprint density at radius 3 is 2.39 bits per heavy atom. The number of hydrogen-bond donors (Lipinski definition) is 0. The number of fused-ring (bicyclic) bond motifs is 1. The number of para-hydroxylation sites is 1. The van der Waals surface area contributed by atoms with Gasteiger partial charge in [-0.05, 0) is 31.5 Å². The number of thioether (sulfide) groups is 1. The number of amides is 1. The predicted molar refractivity (Wildman–Crippen MR) is 143 cm³/mol. The first-order valence-corrected chi connectivity index (χ1v) is 13.0.